The zero-order valence-electron chi connectivity index (χ0n) is 32.6. The van der Waals surface area contributed by atoms with Gasteiger partial charge in [0.1, 0.15) is 61.9 Å². The van der Waals surface area contributed by atoms with Gasteiger partial charge >= 0.3 is 7.12 Å². The molecule has 0 atom stereocenters. The largest absolute Gasteiger partial charge is 0.508 e. The first-order chi connectivity index (χ1) is 30.6. The summed E-state index contributed by atoms with van der Waals surface area (Å²) < 4.78 is 36.8. The van der Waals surface area contributed by atoms with Crippen LogP contribution < -0.4 is 10.2 Å². The zero-order chi connectivity index (χ0) is 44.3. The van der Waals surface area contributed by atoms with Crippen molar-refractivity contribution in [3.8, 4) is 22.8 Å². The molecule has 8 heterocycles. The summed E-state index contributed by atoms with van der Waals surface area (Å²) in [6.45, 7) is 1.24. The standard InChI is InChI=1S/C17H12FN5O.C13H11BrN4O.C5H5BFNO2.C5H3BrN4/c18-16-13(2-1-7-19-16)14-15-17(21-9-20-14)23(10-22-15)8-11-3-5-12(24)6-4-11;1-19-10-4-2-9(3-5-10)6-18-8-17-11-12(14)15-7-16-13(11)18;7-5-4(6(9)10)2-1-3-8-5;6-4-3-5(9-1-7-3)10-2-8-4/h1-7,9-10,24H,8H2;2-5,7-8H,6H2,1H3;1-3,9-10H;1-2H,(H,7,8,9,10). The van der Waals surface area contributed by atoms with E-state index in [2.05, 4.69) is 91.7 Å². The van der Waals surface area contributed by atoms with E-state index in [4.69, 9.17) is 14.8 Å². The number of aromatic amines is 1. The third-order valence-corrected chi connectivity index (χ3v) is 10.00. The summed E-state index contributed by atoms with van der Waals surface area (Å²) in [4.78, 5) is 47.0. The molecule has 4 N–H and O–H groups in total. The highest BCUT2D eigenvalue weighted by Crippen LogP contribution is 2.26. The number of nitrogens with one attached hydrogen (secondary N) is 1. The molecule has 8 aromatic heterocycles. The Hall–Kier alpha value is -7.21. The zero-order valence-corrected chi connectivity index (χ0v) is 35.8. The highest BCUT2D eigenvalue weighted by atomic mass is 79.9. The molecule has 2 aromatic carbocycles. The summed E-state index contributed by atoms with van der Waals surface area (Å²) in [6.07, 6.45) is 12.0. The SMILES string of the molecule is Brc1ncnc2nc[nH]c12.COc1ccc(Cn2cnc3c(Br)ncnc32)cc1.OB(O)c1cccnc1F.Oc1ccc(Cn2cnc3c(-c4cccnc4F)ncnc32)cc1. The van der Waals surface area contributed by atoms with E-state index in [9.17, 15) is 13.9 Å². The van der Waals surface area contributed by atoms with Crippen LogP contribution in [0.25, 0.3) is 44.7 Å². The molecule has 23 heteroatoms. The van der Waals surface area contributed by atoms with Crippen LogP contribution in [0.1, 0.15) is 11.1 Å². The number of hydrogen-bond acceptors (Lipinski definition) is 15. The average Bonchev–Trinajstić information content (AvgIpc) is 4.06. The molecule has 0 aliphatic rings. The number of fused-ring (bicyclic) bond motifs is 3. The molecule has 0 amide bonds. The van der Waals surface area contributed by atoms with Crippen LogP contribution in [-0.4, -0.2) is 98.3 Å². The number of H-pyrrole nitrogens is 1. The Bertz CT molecular complexity index is 3090. The van der Waals surface area contributed by atoms with Crippen LogP contribution in [0.4, 0.5) is 8.78 Å². The van der Waals surface area contributed by atoms with E-state index in [1.54, 1.807) is 50.4 Å². The van der Waals surface area contributed by atoms with Crippen LogP contribution in [0.15, 0.2) is 132 Å². The Morgan fingerprint density at radius 1 is 0.651 bits per heavy atom. The van der Waals surface area contributed by atoms with E-state index >= 15 is 0 Å². The van der Waals surface area contributed by atoms with Crippen molar-refractivity contribution in [3.63, 3.8) is 0 Å². The smallest absolute Gasteiger partial charge is 0.493 e. The number of methoxy groups -OCH3 is 1. The molecule has 0 saturated carbocycles. The predicted molar refractivity (Wildman–Crippen MR) is 234 cm³/mol. The molecular formula is C40H31BBr2F2N14O4. The van der Waals surface area contributed by atoms with Crippen LogP contribution in [0.5, 0.6) is 11.5 Å². The van der Waals surface area contributed by atoms with Crippen LogP contribution in [0.2, 0.25) is 0 Å². The number of rotatable bonds is 7. The lowest BCUT2D eigenvalue weighted by atomic mass is 9.81. The summed E-state index contributed by atoms with van der Waals surface area (Å²) in [5, 5.41) is 26.3. The monoisotopic (exact) mass is 978 g/mol. The predicted octanol–water partition coefficient (Wildman–Crippen LogP) is 5.44. The number of aromatic nitrogens is 14. The second-order valence-corrected chi connectivity index (χ2v) is 14.4. The van der Waals surface area contributed by atoms with Crippen LogP contribution in [0, 0.1) is 11.9 Å². The van der Waals surface area contributed by atoms with E-state index in [0.717, 1.165) is 38.2 Å². The number of imidazole rings is 3. The number of phenolic OH excluding ortho intramolecular Hbond substituents is 1. The summed E-state index contributed by atoms with van der Waals surface area (Å²) >= 11 is 6.62. The fourth-order valence-electron chi connectivity index (χ4n) is 5.78. The van der Waals surface area contributed by atoms with Crippen molar-refractivity contribution in [3.05, 3.63) is 155 Å². The number of halogens is 4. The fourth-order valence-corrected chi connectivity index (χ4v) is 6.53. The van der Waals surface area contributed by atoms with Crippen molar-refractivity contribution in [1.29, 1.82) is 0 Å². The summed E-state index contributed by atoms with van der Waals surface area (Å²) in [5.41, 5.74) is 6.88. The molecule has 18 nitrogen and oxygen atoms in total. The quantitative estimate of drug-likeness (QED) is 0.0884. The first-order valence-corrected chi connectivity index (χ1v) is 19.9. The lowest BCUT2D eigenvalue weighted by Gasteiger charge is -2.05. The molecule has 0 aliphatic carbocycles. The van der Waals surface area contributed by atoms with E-state index in [1.807, 2.05) is 45.5 Å². The van der Waals surface area contributed by atoms with Gasteiger partial charge in [-0.2, -0.15) is 8.78 Å². The molecule has 63 heavy (non-hydrogen) atoms. The van der Waals surface area contributed by atoms with Gasteiger partial charge in [-0.05, 0) is 85.5 Å². The molecule has 0 bridgehead atoms. The van der Waals surface area contributed by atoms with Gasteiger partial charge in [-0.1, -0.05) is 30.3 Å². The van der Waals surface area contributed by atoms with Gasteiger partial charge in [-0.25, -0.2) is 54.8 Å². The number of phenols is 1. The van der Waals surface area contributed by atoms with E-state index in [-0.39, 0.29) is 11.2 Å². The molecule has 0 aliphatic heterocycles. The van der Waals surface area contributed by atoms with Gasteiger partial charge in [0.2, 0.25) is 11.9 Å². The molecule has 0 unspecified atom stereocenters. The van der Waals surface area contributed by atoms with E-state index in [1.165, 1.54) is 43.5 Å². The van der Waals surface area contributed by atoms with E-state index in [0.29, 0.717) is 45.8 Å². The van der Waals surface area contributed by atoms with Gasteiger partial charge in [0.05, 0.1) is 44.7 Å². The minimum absolute atomic E-state index is 0.206. The van der Waals surface area contributed by atoms with Crippen LogP contribution >= 0.6 is 31.9 Å². The maximum Gasteiger partial charge on any atom is 0.493 e. The van der Waals surface area contributed by atoms with Gasteiger partial charge in [0.25, 0.3) is 0 Å². The molecule has 0 fully saturated rings. The lowest BCUT2D eigenvalue weighted by Crippen LogP contribution is -2.33. The average molecular weight is 980 g/mol. The summed E-state index contributed by atoms with van der Waals surface area (Å²) in [5.74, 6) is -0.377. The first-order valence-electron chi connectivity index (χ1n) is 18.3. The van der Waals surface area contributed by atoms with Gasteiger partial charge in [0, 0.05) is 17.9 Å². The summed E-state index contributed by atoms with van der Waals surface area (Å²) in [6, 6.07) is 20.8. The van der Waals surface area contributed by atoms with E-state index < -0.39 is 19.0 Å². The Morgan fingerprint density at radius 2 is 1.24 bits per heavy atom. The molecular weight excluding hydrogens is 949 g/mol. The van der Waals surface area contributed by atoms with Gasteiger partial charge < -0.3 is 34.0 Å². The van der Waals surface area contributed by atoms with Crippen molar-refractivity contribution in [2.24, 2.45) is 0 Å². The highest BCUT2D eigenvalue weighted by molar-refractivity contribution is 9.10. The van der Waals surface area contributed by atoms with Gasteiger partial charge in [0.15, 0.2) is 16.9 Å². The number of aromatic hydroxyl groups is 1. The Morgan fingerprint density at radius 3 is 1.86 bits per heavy atom. The van der Waals surface area contributed by atoms with Crippen molar-refractivity contribution in [1.82, 2.24) is 68.9 Å². The van der Waals surface area contributed by atoms with Crippen molar-refractivity contribution >= 4 is 77.9 Å². The number of hydrogen-bond donors (Lipinski definition) is 4. The maximum absolute atomic E-state index is 14.0. The lowest BCUT2D eigenvalue weighted by molar-refractivity contribution is 0.414. The molecule has 0 saturated heterocycles. The molecule has 10 aromatic rings. The Labute approximate surface area is 372 Å². The van der Waals surface area contributed by atoms with Gasteiger partial charge in [-0.15, -0.1) is 0 Å². The topological polar surface area (TPSA) is 237 Å². The van der Waals surface area contributed by atoms with Crippen LogP contribution in [-0.2, 0) is 13.1 Å². The van der Waals surface area contributed by atoms with Crippen molar-refractivity contribution in [2.45, 2.75) is 13.1 Å². The van der Waals surface area contributed by atoms with Crippen molar-refractivity contribution < 1.29 is 28.7 Å². The highest BCUT2D eigenvalue weighted by Gasteiger charge is 2.17. The summed E-state index contributed by atoms with van der Waals surface area (Å²) in [7, 11) is -0.124. The Kier molecular flexibility index (Phi) is 14.3. The second kappa shape index (κ2) is 20.6. The minimum Gasteiger partial charge on any atom is -0.508 e. The number of nitrogens with zero attached hydrogens (tertiary/aromatic N) is 13. The fraction of sp³-hybridized carbons (Fsp3) is 0.0750. The minimum atomic E-state index is -1.78. The second-order valence-electron chi connectivity index (χ2n) is 12.9. The first kappa shape index (κ1) is 43.9. The Balaban J connectivity index is 0.000000135. The molecule has 0 radical (unpaired) electrons. The third kappa shape index (κ3) is 10.8. The normalized spacial score (nSPS) is 10.7. The van der Waals surface area contributed by atoms with Crippen molar-refractivity contribution in [2.75, 3.05) is 7.11 Å². The number of benzene rings is 2. The molecule has 10 rings (SSSR count). The van der Waals surface area contributed by atoms with Gasteiger partial charge in [-0.3, -0.25) is 0 Å². The number of ether oxygens (including phenoxy) is 1. The number of pyridine rings is 2. The van der Waals surface area contributed by atoms with Crippen LogP contribution in [0.3, 0.4) is 0 Å². The maximum atomic E-state index is 14.0. The third-order valence-electron chi connectivity index (χ3n) is 8.82. The molecule has 0 spiro atoms. The molecule has 316 valence electrons.